The molecule has 0 radical (unpaired) electrons. The van der Waals surface area contributed by atoms with Crippen molar-refractivity contribution in [3.8, 4) is 11.1 Å². The molecule has 2 aromatic carbocycles. The van der Waals surface area contributed by atoms with Crippen LogP contribution >= 0.6 is 58.0 Å². The summed E-state index contributed by atoms with van der Waals surface area (Å²) in [6.45, 7) is 0. The number of rotatable bonds is 2. The van der Waals surface area contributed by atoms with Gasteiger partial charge in [0.2, 0.25) is 0 Å². The van der Waals surface area contributed by atoms with Crippen LogP contribution in [0.15, 0.2) is 18.2 Å². The zero-order chi connectivity index (χ0) is 15.9. The van der Waals surface area contributed by atoms with Gasteiger partial charge in [-0.1, -0.05) is 64.1 Å². The fourth-order valence-electron chi connectivity index (χ4n) is 1.75. The van der Waals surface area contributed by atoms with Gasteiger partial charge in [0, 0.05) is 5.56 Å². The smallest absolute Gasteiger partial charge is 0.336 e. The highest BCUT2D eigenvalue weighted by atomic mass is 35.5. The highest BCUT2D eigenvalue weighted by Gasteiger charge is 2.24. The van der Waals surface area contributed by atoms with Gasteiger partial charge in [0.25, 0.3) is 0 Å². The molecule has 0 aliphatic heterocycles. The van der Waals surface area contributed by atoms with Crippen LogP contribution in [0.4, 0.5) is 4.39 Å². The normalized spacial score (nSPS) is 10.8. The minimum atomic E-state index is -1.35. The molecule has 0 fully saturated rings. The van der Waals surface area contributed by atoms with Crippen LogP contribution < -0.4 is 0 Å². The van der Waals surface area contributed by atoms with E-state index >= 15 is 0 Å². The van der Waals surface area contributed by atoms with E-state index in [1.165, 1.54) is 6.07 Å². The Bertz CT molecular complexity index is 732. The lowest BCUT2D eigenvalue weighted by Crippen LogP contribution is -2.01. The monoisotopic (exact) mass is 386 g/mol. The summed E-state index contributed by atoms with van der Waals surface area (Å²) in [6, 6.07) is 3.15. The molecule has 0 spiro atoms. The predicted octanol–water partition coefficient (Wildman–Crippen LogP) is 6.46. The second-order valence-corrected chi connectivity index (χ2v) is 5.83. The van der Waals surface area contributed by atoms with Crippen molar-refractivity contribution < 1.29 is 14.3 Å². The third-order valence-corrected chi connectivity index (χ3v) is 4.97. The van der Waals surface area contributed by atoms with E-state index in [0.29, 0.717) is 0 Å². The van der Waals surface area contributed by atoms with Crippen molar-refractivity contribution >= 4 is 64.0 Å². The fraction of sp³-hybridized carbons (Fsp3) is 0. The summed E-state index contributed by atoms with van der Waals surface area (Å²) in [5.74, 6) is -2.06. The van der Waals surface area contributed by atoms with E-state index < -0.39 is 11.8 Å². The zero-order valence-electron chi connectivity index (χ0n) is 9.86. The molecule has 0 aliphatic carbocycles. The van der Waals surface area contributed by atoms with Gasteiger partial charge in [-0.25, -0.2) is 9.18 Å². The fourth-order valence-corrected chi connectivity index (χ4v) is 3.09. The number of carboxylic acid groups (broad SMARTS) is 1. The Kier molecular flexibility index (Phi) is 4.91. The van der Waals surface area contributed by atoms with Crippen molar-refractivity contribution in [2.24, 2.45) is 0 Å². The Morgan fingerprint density at radius 3 is 1.86 bits per heavy atom. The molecular weight excluding hydrogens is 384 g/mol. The van der Waals surface area contributed by atoms with Crippen molar-refractivity contribution in [2.75, 3.05) is 0 Å². The van der Waals surface area contributed by atoms with Gasteiger partial charge in [-0.3, -0.25) is 0 Å². The number of hydrogen-bond acceptors (Lipinski definition) is 1. The number of halogens is 6. The lowest BCUT2D eigenvalue weighted by molar-refractivity contribution is 0.0697. The van der Waals surface area contributed by atoms with Crippen LogP contribution in [0.25, 0.3) is 11.1 Å². The van der Waals surface area contributed by atoms with Gasteiger partial charge in [0.05, 0.1) is 30.7 Å². The van der Waals surface area contributed by atoms with Gasteiger partial charge >= 0.3 is 5.97 Å². The molecule has 0 saturated carbocycles. The number of carbonyl (C=O) groups is 1. The first-order valence-corrected chi connectivity index (χ1v) is 7.19. The summed E-state index contributed by atoms with van der Waals surface area (Å²) < 4.78 is 13.2. The summed E-state index contributed by atoms with van der Waals surface area (Å²) in [7, 11) is 0. The Hall–Kier alpha value is -0.710. The molecular formula is C13H4Cl5FO2. The van der Waals surface area contributed by atoms with E-state index in [0.717, 1.165) is 12.1 Å². The first-order chi connectivity index (χ1) is 9.75. The molecule has 2 aromatic rings. The van der Waals surface area contributed by atoms with Crippen LogP contribution in [0.2, 0.25) is 25.1 Å². The van der Waals surface area contributed by atoms with Gasteiger partial charge in [-0.2, -0.15) is 0 Å². The van der Waals surface area contributed by atoms with E-state index in [9.17, 15) is 14.3 Å². The Balaban J connectivity index is 2.89. The molecule has 2 nitrogen and oxygen atoms in total. The zero-order valence-corrected chi connectivity index (χ0v) is 13.6. The van der Waals surface area contributed by atoms with Crippen molar-refractivity contribution in [1.29, 1.82) is 0 Å². The number of carboxylic acids is 1. The molecule has 8 heteroatoms. The second-order valence-electron chi connectivity index (χ2n) is 3.94. The lowest BCUT2D eigenvalue weighted by atomic mass is 9.99. The summed E-state index contributed by atoms with van der Waals surface area (Å²) in [5, 5.41) is 8.87. The topological polar surface area (TPSA) is 37.3 Å². The third kappa shape index (κ3) is 2.94. The summed E-state index contributed by atoms with van der Waals surface area (Å²) in [6.07, 6.45) is 0. The van der Waals surface area contributed by atoms with Crippen molar-refractivity contribution in [1.82, 2.24) is 0 Å². The molecule has 0 amide bonds. The van der Waals surface area contributed by atoms with Crippen molar-refractivity contribution in [3.05, 3.63) is 54.7 Å². The maximum absolute atomic E-state index is 13.2. The highest BCUT2D eigenvalue weighted by Crippen LogP contribution is 2.48. The van der Waals surface area contributed by atoms with Gasteiger partial charge in [0.15, 0.2) is 0 Å². The second kappa shape index (κ2) is 6.19. The molecule has 110 valence electrons. The minimum absolute atomic E-state index is 0.0453. The van der Waals surface area contributed by atoms with Crippen LogP contribution in [0.3, 0.4) is 0 Å². The van der Waals surface area contributed by atoms with E-state index in [1.54, 1.807) is 0 Å². The number of aromatic carboxylic acids is 1. The van der Waals surface area contributed by atoms with Crippen LogP contribution in [-0.2, 0) is 0 Å². The molecule has 0 aromatic heterocycles. The van der Waals surface area contributed by atoms with Crippen molar-refractivity contribution in [3.63, 3.8) is 0 Å². The van der Waals surface area contributed by atoms with E-state index in [1.807, 2.05) is 0 Å². The molecule has 0 unspecified atom stereocenters. The summed E-state index contributed by atoms with van der Waals surface area (Å²) in [5.41, 5.74) is -0.164. The SMILES string of the molecule is O=C(O)c1cc(F)ccc1-c1c(Cl)c(Cl)c(Cl)c(Cl)c1Cl. The standard InChI is InChI=1S/C13H4Cl5FO2/c14-8-7(9(15)11(17)12(18)10(8)16)5-2-1-4(19)3-6(5)13(20)21/h1-3H,(H,20,21). The van der Waals surface area contributed by atoms with E-state index in [-0.39, 0.29) is 41.8 Å². The average Bonchev–Trinajstić information content (AvgIpc) is 2.44. The van der Waals surface area contributed by atoms with Gasteiger partial charge in [-0.05, 0) is 17.7 Å². The molecule has 1 N–H and O–H groups in total. The van der Waals surface area contributed by atoms with Crippen LogP contribution in [0.1, 0.15) is 10.4 Å². The number of hydrogen-bond donors (Lipinski definition) is 1. The molecule has 0 bridgehead atoms. The Morgan fingerprint density at radius 1 is 0.905 bits per heavy atom. The van der Waals surface area contributed by atoms with Crippen LogP contribution in [-0.4, -0.2) is 11.1 Å². The first kappa shape index (κ1) is 16.7. The predicted molar refractivity (Wildman–Crippen MR) is 83.8 cm³/mol. The quantitative estimate of drug-likeness (QED) is 0.474. The van der Waals surface area contributed by atoms with Crippen LogP contribution in [0.5, 0.6) is 0 Å². The molecule has 0 saturated heterocycles. The van der Waals surface area contributed by atoms with Gasteiger partial charge < -0.3 is 5.11 Å². The van der Waals surface area contributed by atoms with E-state index in [4.69, 9.17) is 58.0 Å². The molecule has 0 atom stereocenters. The summed E-state index contributed by atoms with van der Waals surface area (Å²) in [4.78, 5) is 11.3. The highest BCUT2D eigenvalue weighted by molar-refractivity contribution is 6.56. The minimum Gasteiger partial charge on any atom is -0.478 e. The van der Waals surface area contributed by atoms with Crippen LogP contribution in [0, 0.1) is 5.82 Å². The first-order valence-electron chi connectivity index (χ1n) is 5.30. The molecule has 0 aliphatic rings. The van der Waals surface area contributed by atoms with Gasteiger partial charge in [0.1, 0.15) is 5.82 Å². The van der Waals surface area contributed by atoms with Gasteiger partial charge in [-0.15, -0.1) is 0 Å². The third-order valence-electron chi connectivity index (χ3n) is 2.69. The molecule has 0 heterocycles. The summed E-state index contributed by atoms with van der Waals surface area (Å²) >= 11 is 29.9. The lowest BCUT2D eigenvalue weighted by Gasteiger charge is -2.14. The van der Waals surface area contributed by atoms with Crippen molar-refractivity contribution in [2.45, 2.75) is 0 Å². The van der Waals surface area contributed by atoms with E-state index in [2.05, 4.69) is 0 Å². The number of benzene rings is 2. The largest absolute Gasteiger partial charge is 0.478 e. The average molecular weight is 388 g/mol. The molecule has 2 rings (SSSR count). The Morgan fingerprint density at radius 2 is 1.38 bits per heavy atom. The maximum atomic E-state index is 13.2. The Labute approximate surface area is 143 Å². The maximum Gasteiger partial charge on any atom is 0.336 e. The molecule has 21 heavy (non-hydrogen) atoms.